The van der Waals surface area contributed by atoms with Gasteiger partial charge in [-0.3, -0.25) is 4.20 Å². The van der Waals surface area contributed by atoms with E-state index in [2.05, 4.69) is 0 Å². The van der Waals surface area contributed by atoms with E-state index in [1.807, 2.05) is 0 Å². The summed E-state index contributed by atoms with van der Waals surface area (Å²) in [6, 6.07) is 0. The molecule has 0 saturated carbocycles. The third kappa shape index (κ3) is 33.7. The van der Waals surface area contributed by atoms with Gasteiger partial charge in [-0.25, -0.2) is 0 Å². The Balaban J connectivity index is -0.0000000450. The van der Waals surface area contributed by atoms with Gasteiger partial charge in [0.2, 0.25) is 0 Å². The molecule has 0 saturated heterocycles. The molecule has 0 amide bonds. The van der Waals surface area contributed by atoms with Crippen LogP contribution in [-0.4, -0.2) is 0 Å². The third-order valence-electron chi connectivity index (χ3n) is 0. The average molecular weight is 128 g/mol. The van der Waals surface area contributed by atoms with Crippen molar-refractivity contribution in [2.45, 2.75) is 0 Å². The minimum Gasteiger partial charge on any atom is -0.816 e. The predicted molar refractivity (Wildman–Crippen MR) is 8.03 cm³/mol. The molecule has 0 N–H and O–H groups in total. The van der Waals surface area contributed by atoms with Crippen LogP contribution in [-0.2, 0) is 0 Å². The first-order chi connectivity index (χ1) is 1.73. The van der Waals surface area contributed by atoms with Crippen LogP contribution >= 0.6 is 8.69 Å². The molecule has 0 fully saturated rings. The quantitative estimate of drug-likeness (QED) is 0.240. The molecule has 26 valence electrons. The van der Waals surface area contributed by atoms with E-state index >= 15 is 0 Å². The Labute approximate surface area is 80.8 Å². The molecule has 0 unspecified atom stereocenters. The van der Waals surface area contributed by atoms with E-state index in [4.69, 9.17) is 9.79 Å². The molecule has 0 radical (unpaired) electrons. The molecule has 0 aromatic heterocycles. The summed E-state index contributed by atoms with van der Waals surface area (Å²) in [4.78, 5) is 16.7. The summed E-state index contributed by atoms with van der Waals surface area (Å²) < 4.78 is 9.95. The van der Waals surface area contributed by atoms with Gasteiger partial charge in [-0.15, -0.1) is 8.69 Å². The summed E-state index contributed by atoms with van der Waals surface area (Å²) in [5.74, 6) is 0. The van der Waals surface area contributed by atoms with Crippen LogP contribution in [0, 0.1) is 0 Å². The maximum atomic E-state index is 9.95. The minimum absolute atomic E-state index is 0. The maximum absolute atomic E-state index is 9.95. The second-order valence-electron chi connectivity index (χ2n) is 0.213. The molecule has 6 heavy (non-hydrogen) atoms. The molecule has 0 heterocycles. The molecule has 6 heteroatoms. The summed E-state index contributed by atoms with van der Waals surface area (Å²) in [7, 11) is -3.62. The van der Waals surface area contributed by atoms with Crippen molar-refractivity contribution in [3.8, 4) is 0 Å². The fourth-order valence-electron chi connectivity index (χ4n) is 0. The van der Waals surface area contributed by atoms with E-state index < -0.39 is 8.69 Å². The van der Waals surface area contributed by atoms with E-state index in [1.165, 1.54) is 0 Å². The van der Waals surface area contributed by atoms with Crippen LogP contribution in [0.2, 0.25) is 0 Å². The maximum Gasteiger partial charge on any atom is 1.00 e. The molecule has 0 aliphatic rings. The third-order valence-corrected chi connectivity index (χ3v) is 0. The van der Waals surface area contributed by atoms with Gasteiger partial charge in [0, 0.05) is 0 Å². The van der Waals surface area contributed by atoms with Crippen molar-refractivity contribution >= 4 is 8.69 Å². The van der Waals surface area contributed by atoms with E-state index in [-0.39, 0.29) is 59.1 Å². The molecule has 2 nitrogen and oxygen atoms in total. The van der Waals surface area contributed by atoms with Crippen molar-refractivity contribution < 1.29 is 73.1 Å². The second-order valence-corrected chi connectivity index (χ2v) is 0.638. The first kappa shape index (κ1) is 15.7. The molecule has 0 bridgehead atoms. The van der Waals surface area contributed by atoms with E-state index in [0.717, 1.165) is 0 Å². The van der Waals surface area contributed by atoms with Gasteiger partial charge >= 0.3 is 59.1 Å². The monoisotopic (exact) mass is 128 g/mol. The van der Waals surface area contributed by atoms with Gasteiger partial charge in [0.25, 0.3) is 0 Å². The Kier molecular flexibility index (Phi) is 27.0. The topological polar surface area (TPSA) is 46.1 Å². The number of halogens is 1. The molecule has 0 atom stereocenters. The van der Waals surface area contributed by atoms with Crippen molar-refractivity contribution in [1.29, 1.82) is 0 Å². The van der Waals surface area contributed by atoms with Crippen molar-refractivity contribution in [3.05, 3.63) is 0 Å². The van der Waals surface area contributed by atoms with Crippen molar-refractivity contribution in [2.75, 3.05) is 0 Å². The summed E-state index contributed by atoms with van der Waals surface area (Å²) in [5.41, 5.74) is 0. The molecule has 0 spiro atoms. The largest absolute Gasteiger partial charge is 1.00 e. The van der Waals surface area contributed by atoms with E-state index in [9.17, 15) is 4.20 Å². The Morgan fingerprint density at radius 2 is 1.17 bits per heavy atom. The van der Waals surface area contributed by atoms with Crippen molar-refractivity contribution in [2.24, 2.45) is 0 Å². The average Bonchev–Trinajstić information content (AvgIpc) is 0.811. The first-order valence-corrected chi connectivity index (χ1v) is 1.60. The molecule has 0 rings (SSSR count). The fourth-order valence-corrected chi connectivity index (χ4v) is 0. The fraction of sp³-hybridized carbons (Fsp3) is 0. The first-order valence-electron chi connectivity index (χ1n) is 0.534. The molecular formula is FNa2O2P. The summed E-state index contributed by atoms with van der Waals surface area (Å²) in [5, 5.41) is 0. The van der Waals surface area contributed by atoms with Gasteiger partial charge in [0.1, 0.15) is 0 Å². The van der Waals surface area contributed by atoms with Gasteiger partial charge in [-0.1, -0.05) is 0 Å². The zero-order valence-electron chi connectivity index (χ0n) is 3.64. The summed E-state index contributed by atoms with van der Waals surface area (Å²) >= 11 is 0. The van der Waals surface area contributed by atoms with Crippen LogP contribution in [0.1, 0.15) is 0 Å². The predicted octanol–water partition coefficient (Wildman–Crippen LogP) is -7.09. The molecular weight excluding hydrogens is 128 g/mol. The minimum atomic E-state index is -3.62. The van der Waals surface area contributed by atoms with Gasteiger partial charge in [0.05, 0.1) is 0 Å². The zero-order valence-corrected chi connectivity index (χ0v) is 8.54. The zero-order chi connectivity index (χ0) is 3.58. The number of hydrogen-bond donors (Lipinski definition) is 0. The number of hydrogen-bond acceptors (Lipinski definition) is 2. The van der Waals surface area contributed by atoms with Crippen LogP contribution in [0.15, 0.2) is 0 Å². The Morgan fingerprint density at radius 3 is 1.17 bits per heavy atom. The van der Waals surface area contributed by atoms with E-state index in [1.54, 1.807) is 0 Å². The Morgan fingerprint density at radius 1 is 1.17 bits per heavy atom. The standard InChI is InChI=1S/FO2P.2Na/c1-4(2)3;;/q-2;2*+1. The van der Waals surface area contributed by atoms with Gasteiger partial charge < -0.3 is 9.79 Å². The van der Waals surface area contributed by atoms with E-state index in [0.29, 0.717) is 0 Å². The molecule has 0 aromatic carbocycles. The van der Waals surface area contributed by atoms with Gasteiger partial charge in [-0.05, 0) is 0 Å². The Hall–Kier alpha value is 2.28. The van der Waals surface area contributed by atoms with Gasteiger partial charge in [0.15, 0.2) is 0 Å². The van der Waals surface area contributed by atoms with Crippen LogP contribution in [0.4, 0.5) is 4.20 Å². The van der Waals surface area contributed by atoms with Gasteiger partial charge in [-0.2, -0.15) is 0 Å². The normalized spacial score (nSPS) is 6.00. The Bertz CT molecular complexity index is 16.3. The van der Waals surface area contributed by atoms with Crippen molar-refractivity contribution in [1.82, 2.24) is 0 Å². The van der Waals surface area contributed by atoms with Crippen LogP contribution in [0.25, 0.3) is 0 Å². The van der Waals surface area contributed by atoms with Crippen LogP contribution in [0.3, 0.4) is 0 Å². The van der Waals surface area contributed by atoms with Crippen molar-refractivity contribution in [3.63, 3.8) is 0 Å². The smallest absolute Gasteiger partial charge is 0.816 e. The van der Waals surface area contributed by atoms with Crippen LogP contribution < -0.4 is 68.9 Å². The SMILES string of the molecule is [Na+].[Na+].[O-]P([O-])F. The second kappa shape index (κ2) is 10.3. The molecule has 0 aromatic rings. The molecule has 0 aliphatic carbocycles. The summed E-state index contributed by atoms with van der Waals surface area (Å²) in [6.07, 6.45) is 0. The van der Waals surface area contributed by atoms with Crippen LogP contribution in [0.5, 0.6) is 0 Å². The summed E-state index contributed by atoms with van der Waals surface area (Å²) in [6.45, 7) is 0. The number of rotatable bonds is 0. The molecule has 0 aliphatic heterocycles.